The zero-order valence-corrected chi connectivity index (χ0v) is 15.0. The maximum absolute atomic E-state index is 13.4. The molecule has 6 rings (SSSR count). The minimum absolute atomic E-state index is 0.0418. The average molecular weight is 387 g/mol. The Balaban J connectivity index is 1.60. The van der Waals surface area contributed by atoms with Crippen molar-refractivity contribution >= 4 is 32.7 Å². The fourth-order valence-corrected chi connectivity index (χ4v) is 6.26. The van der Waals surface area contributed by atoms with E-state index in [1.165, 1.54) is 19.3 Å². The van der Waals surface area contributed by atoms with Gasteiger partial charge in [-0.2, -0.15) is 0 Å². The molecule has 1 aromatic carbocycles. The van der Waals surface area contributed by atoms with E-state index in [2.05, 4.69) is 15.9 Å². The standard InChI is InChI=1S/C20H19BrO3/c21-15-2-1-14-6-16(19(23)24-17(14)7-15)18(22)20-8-11-3-12(9-20)5-13(4-11)10-20/h1-2,6-7,11-13H,3-5,8-10H2. The molecule has 3 nitrogen and oxygen atoms in total. The summed E-state index contributed by atoms with van der Waals surface area (Å²) in [5, 5.41) is 0.811. The van der Waals surface area contributed by atoms with Gasteiger partial charge >= 0.3 is 5.63 Å². The topological polar surface area (TPSA) is 47.3 Å². The van der Waals surface area contributed by atoms with E-state index in [9.17, 15) is 9.59 Å². The third-order valence-corrected chi connectivity index (χ3v) is 6.96. The molecule has 4 saturated carbocycles. The predicted octanol–water partition coefficient (Wildman–Crippen LogP) is 4.95. The molecule has 4 aliphatic carbocycles. The summed E-state index contributed by atoms with van der Waals surface area (Å²) in [4.78, 5) is 25.8. The minimum Gasteiger partial charge on any atom is -0.422 e. The Labute approximate surface area is 148 Å². The van der Waals surface area contributed by atoms with Crippen molar-refractivity contribution in [2.45, 2.75) is 38.5 Å². The van der Waals surface area contributed by atoms with Crippen LogP contribution in [0.3, 0.4) is 0 Å². The van der Waals surface area contributed by atoms with E-state index in [1.54, 1.807) is 12.1 Å². The smallest absolute Gasteiger partial charge is 0.347 e. The van der Waals surface area contributed by atoms with Crippen LogP contribution in [0.4, 0.5) is 0 Å². The highest BCUT2D eigenvalue weighted by Gasteiger charge is 2.55. The molecule has 2 aromatic rings. The Kier molecular flexibility index (Phi) is 3.13. The van der Waals surface area contributed by atoms with Crippen LogP contribution in [-0.4, -0.2) is 5.78 Å². The third-order valence-electron chi connectivity index (χ3n) is 6.46. The van der Waals surface area contributed by atoms with Crippen molar-refractivity contribution in [1.29, 1.82) is 0 Å². The molecule has 4 bridgehead atoms. The number of fused-ring (bicyclic) bond motifs is 1. The van der Waals surface area contributed by atoms with Crippen molar-refractivity contribution < 1.29 is 9.21 Å². The molecule has 0 N–H and O–H groups in total. The van der Waals surface area contributed by atoms with Gasteiger partial charge in [0, 0.05) is 15.3 Å². The third kappa shape index (κ3) is 2.15. The average Bonchev–Trinajstić information content (AvgIpc) is 2.52. The van der Waals surface area contributed by atoms with Gasteiger partial charge in [-0.3, -0.25) is 4.79 Å². The van der Waals surface area contributed by atoms with Crippen molar-refractivity contribution in [2.75, 3.05) is 0 Å². The SMILES string of the molecule is O=C(c1cc2ccc(Br)cc2oc1=O)C12CC3CC(CC(C3)C1)C2. The van der Waals surface area contributed by atoms with Gasteiger partial charge in [0.2, 0.25) is 0 Å². The number of carbonyl (C=O) groups is 1. The van der Waals surface area contributed by atoms with Crippen molar-refractivity contribution in [3.63, 3.8) is 0 Å². The van der Waals surface area contributed by atoms with Crippen LogP contribution in [0.2, 0.25) is 0 Å². The minimum atomic E-state index is -0.485. The Bertz CT molecular complexity index is 875. The summed E-state index contributed by atoms with van der Waals surface area (Å²) in [6.07, 6.45) is 6.76. The zero-order valence-electron chi connectivity index (χ0n) is 13.4. The lowest BCUT2D eigenvalue weighted by Crippen LogP contribution is -2.50. The van der Waals surface area contributed by atoms with Gasteiger partial charge in [-0.05, 0) is 74.5 Å². The van der Waals surface area contributed by atoms with Gasteiger partial charge in [0.05, 0.1) is 0 Å². The first-order valence-electron chi connectivity index (χ1n) is 8.81. The molecule has 1 heterocycles. The largest absolute Gasteiger partial charge is 0.422 e. The monoisotopic (exact) mass is 386 g/mol. The maximum atomic E-state index is 13.4. The summed E-state index contributed by atoms with van der Waals surface area (Å²) in [7, 11) is 0. The van der Waals surface area contributed by atoms with Crippen molar-refractivity contribution in [3.8, 4) is 0 Å². The van der Waals surface area contributed by atoms with Crippen molar-refractivity contribution in [3.05, 3.63) is 44.7 Å². The lowest BCUT2D eigenvalue weighted by atomic mass is 9.48. The predicted molar refractivity (Wildman–Crippen MR) is 95.1 cm³/mol. The van der Waals surface area contributed by atoms with Crippen LogP contribution in [0.1, 0.15) is 48.9 Å². The summed E-state index contributed by atoms with van der Waals surface area (Å²) in [5.74, 6) is 2.09. The summed E-state index contributed by atoms with van der Waals surface area (Å²) in [6.45, 7) is 0. The molecule has 1 aromatic heterocycles. The Morgan fingerprint density at radius 3 is 2.29 bits per heavy atom. The van der Waals surface area contributed by atoms with Crippen LogP contribution in [0.15, 0.2) is 37.9 Å². The van der Waals surface area contributed by atoms with Crippen molar-refractivity contribution in [1.82, 2.24) is 0 Å². The van der Waals surface area contributed by atoms with Crippen LogP contribution in [0.5, 0.6) is 0 Å². The summed E-state index contributed by atoms with van der Waals surface area (Å²) in [6, 6.07) is 7.31. The van der Waals surface area contributed by atoms with E-state index in [1.807, 2.05) is 12.1 Å². The molecule has 24 heavy (non-hydrogen) atoms. The molecule has 4 fully saturated rings. The zero-order chi connectivity index (χ0) is 16.5. The van der Waals surface area contributed by atoms with Gasteiger partial charge in [0.15, 0.2) is 5.78 Å². The highest BCUT2D eigenvalue weighted by Crippen LogP contribution is 2.60. The quantitative estimate of drug-likeness (QED) is 0.541. The van der Waals surface area contributed by atoms with E-state index in [-0.39, 0.29) is 16.8 Å². The second kappa shape index (κ2) is 5.04. The van der Waals surface area contributed by atoms with Crippen LogP contribution in [0.25, 0.3) is 11.0 Å². The number of carbonyl (C=O) groups excluding carboxylic acids is 1. The molecule has 0 aliphatic heterocycles. The van der Waals surface area contributed by atoms with Crippen LogP contribution < -0.4 is 5.63 Å². The molecule has 4 aliphatic rings. The lowest BCUT2D eigenvalue weighted by molar-refractivity contribution is -0.0354. The number of hydrogen-bond donors (Lipinski definition) is 0. The van der Waals surface area contributed by atoms with E-state index in [0.717, 1.165) is 29.1 Å². The first-order valence-corrected chi connectivity index (χ1v) is 9.60. The van der Waals surface area contributed by atoms with Gasteiger partial charge in [-0.1, -0.05) is 22.0 Å². The molecule has 0 saturated heterocycles. The number of halogens is 1. The van der Waals surface area contributed by atoms with E-state index in [4.69, 9.17) is 4.42 Å². The first-order chi connectivity index (χ1) is 11.5. The highest BCUT2D eigenvalue weighted by atomic mass is 79.9. The Morgan fingerprint density at radius 1 is 1.04 bits per heavy atom. The lowest BCUT2D eigenvalue weighted by Gasteiger charge is -2.55. The van der Waals surface area contributed by atoms with E-state index in [0.29, 0.717) is 23.3 Å². The van der Waals surface area contributed by atoms with Crippen LogP contribution >= 0.6 is 15.9 Å². The number of ketones is 1. The normalized spacial score (nSPS) is 34.0. The highest BCUT2D eigenvalue weighted by molar-refractivity contribution is 9.10. The Morgan fingerprint density at radius 2 is 1.67 bits per heavy atom. The molecular formula is C20H19BrO3. The second-order valence-corrected chi connectivity index (χ2v) is 9.07. The molecular weight excluding hydrogens is 368 g/mol. The van der Waals surface area contributed by atoms with E-state index >= 15 is 0 Å². The summed E-state index contributed by atoms with van der Waals surface area (Å²) >= 11 is 3.38. The van der Waals surface area contributed by atoms with Crippen LogP contribution in [-0.2, 0) is 0 Å². The molecule has 0 atom stereocenters. The van der Waals surface area contributed by atoms with Gasteiger partial charge < -0.3 is 4.42 Å². The summed E-state index contributed by atoms with van der Waals surface area (Å²) < 4.78 is 6.31. The molecule has 0 spiro atoms. The molecule has 0 unspecified atom stereocenters. The van der Waals surface area contributed by atoms with Crippen LogP contribution in [0, 0.1) is 23.2 Å². The number of rotatable bonds is 2. The van der Waals surface area contributed by atoms with Gasteiger partial charge in [-0.15, -0.1) is 0 Å². The van der Waals surface area contributed by atoms with Gasteiger partial charge in [0.25, 0.3) is 0 Å². The fourth-order valence-electron chi connectivity index (χ4n) is 5.92. The van der Waals surface area contributed by atoms with Gasteiger partial charge in [0.1, 0.15) is 11.1 Å². The maximum Gasteiger partial charge on any atom is 0.347 e. The molecule has 0 radical (unpaired) electrons. The molecule has 124 valence electrons. The molecule has 0 amide bonds. The van der Waals surface area contributed by atoms with E-state index < -0.39 is 5.63 Å². The number of Topliss-reactive ketones (excluding diaryl/α,β-unsaturated/α-hetero) is 1. The fraction of sp³-hybridized carbons (Fsp3) is 0.500. The Hall–Kier alpha value is -1.42. The van der Waals surface area contributed by atoms with Crippen molar-refractivity contribution in [2.24, 2.45) is 23.2 Å². The van der Waals surface area contributed by atoms with Gasteiger partial charge in [-0.25, -0.2) is 4.79 Å². The summed E-state index contributed by atoms with van der Waals surface area (Å²) in [5.41, 5.74) is -0.00325. The molecule has 4 heteroatoms. The second-order valence-electron chi connectivity index (χ2n) is 8.16. The first kappa shape index (κ1) is 14.9. The number of benzene rings is 1. The number of hydrogen-bond acceptors (Lipinski definition) is 3.